The number of nitrogens with zero attached hydrogens (tertiary/aromatic N) is 2. The quantitative estimate of drug-likeness (QED) is 0.565. The Balaban J connectivity index is 1.60. The molecule has 1 atom stereocenters. The summed E-state index contributed by atoms with van der Waals surface area (Å²) >= 11 is 0. The summed E-state index contributed by atoms with van der Waals surface area (Å²) in [4.78, 5) is 8.52. The fraction of sp³-hybridized carbons (Fsp3) is 0.733. The lowest BCUT2D eigenvalue weighted by Crippen LogP contribution is -2.30. The molecule has 2 rings (SSSR count). The molecular weight excluding hydrogens is 300 g/mol. The summed E-state index contributed by atoms with van der Waals surface area (Å²) in [7, 11) is 0. The van der Waals surface area contributed by atoms with Crippen molar-refractivity contribution in [3.63, 3.8) is 0 Å². The molecule has 8 nitrogen and oxygen atoms in total. The van der Waals surface area contributed by atoms with Crippen LogP contribution in [0.3, 0.4) is 0 Å². The molecule has 1 aromatic heterocycles. The molecule has 1 unspecified atom stereocenters. The number of anilines is 1. The number of rotatable bonds is 11. The molecule has 0 aliphatic carbocycles. The maximum absolute atomic E-state index is 5.53. The first-order valence-electron chi connectivity index (χ1n) is 8.03. The molecule has 23 heavy (non-hydrogen) atoms. The van der Waals surface area contributed by atoms with Crippen LogP contribution in [0, 0.1) is 0 Å². The van der Waals surface area contributed by atoms with Crippen molar-refractivity contribution in [1.29, 1.82) is 0 Å². The van der Waals surface area contributed by atoms with Gasteiger partial charge < -0.3 is 30.0 Å². The third kappa shape index (κ3) is 7.56. The highest BCUT2D eigenvalue weighted by Gasteiger charge is 2.14. The van der Waals surface area contributed by atoms with Crippen LogP contribution in [-0.4, -0.2) is 68.8 Å². The summed E-state index contributed by atoms with van der Waals surface area (Å²) in [6.45, 7) is 4.58. The maximum atomic E-state index is 5.53. The van der Waals surface area contributed by atoms with Crippen LogP contribution in [0.2, 0.25) is 0 Å². The summed E-state index contributed by atoms with van der Waals surface area (Å²) < 4.78 is 21.6. The third-order valence-corrected chi connectivity index (χ3v) is 3.24. The van der Waals surface area contributed by atoms with Crippen LogP contribution in [-0.2, 0) is 14.2 Å². The minimum absolute atomic E-state index is 0.283. The van der Waals surface area contributed by atoms with E-state index < -0.39 is 0 Å². The van der Waals surface area contributed by atoms with Gasteiger partial charge in [0.1, 0.15) is 12.4 Å². The Hall–Kier alpha value is -1.48. The molecule has 2 heterocycles. The predicted octanol–water partition coefficient (Wildman–Crippen LogP) is 0.438. The molecule has 8 heteroatoms. The number of nitrogens with one attached hydrogen (secondary N) is 1. The van der Waals surface area contributed by atoms with Gasteiger partial charge in [-0.15, -0.1) is 0 Å². The van der Waals surface area contributed by atoms with E-state index in [1.165, 1.54) is 0 Å². The van der Waals surface area contributed by atoms with Gasteiger partial charge in [0.15, 0.2) is 0 Å². The predicted molar refractivity (Wildman–Crippen MR) is 85.7 cm³/mol. The van der Waals surface area contributed by atoms with Crippen molar-refractivity contribution in [1.82, 2.24) is 9.97 Å². The standard InChI is InChI=1S/C15H26N4O4/c16-3-5-20-6-7-21-8-9-23-15-11-17-10-14(19-15)18-13-2-1-4-22-12-13/h10-11,13H,1-9,12,16H2,(H,18,19). The van der Waals surface area contributed by atoms with E-state index in [0.717, 1.165) is 19.4 Å². The van der Waals surface area contributed by atoms with Gasteiger partial charge in [0, 0.05) is 13.2 Å². The summed E-state index contributed by atoms with van der Waals surface area (Å²) in [5, 5.41) is 3.31. The van der Waals surface area contributed by atoms with E-state index in [9.17, 15) is 0 Å². The van der Waals surface area contributed by atoms with E-state index >= 15 is 0 Å². The molecule has 0 radical (unpaired) electrons. The first-order chi connectivity index (χ1) is 11.4. The second-order valence-corrected chi connectivity index (χ2v) is 5.16. The first-order valence-corrected chi connectivity index (χ1v) is 8.03. The molecule has 1 aliphatic heterocycles. The van der Waals surface area contributed by atoms with Gasteiger partial charge in [0.05, 0.1) is 51.5 Å². The lowest BCUT2D eigenvalue weighted by Gasteiger charge is -2.23. The minimum Gasteiger partial charge on any atom is -0.474 e. The highest BCUT2D eigenvalue weighted by atomic mass is 16.5. The van der Waals surface area contributed by atoms with Crippen LogP contribution in [0.4, 0.5) is 5.82 Å². The van der Waals surface area contributed by atoms with Gasteiger partial charge in [-0.05, 0) is 12.8 Å². The molecule has 1 aromatic rings. The van der Waals surface area contributed by atoms with E-state index in [1.807, 2.05) is 0 Å². The summed E-state index contributed by atoms with van der Waals surface area (Å²) in [5.74, 6) is 1.18. The van der Waals surface area contributed by atoms with Gasteiger partial charge >= 0.3 is 0 Å². The zero-order valence-corrected chi connectivity index (χ0v) is 13.4. The zero-order valence-electron chi connectivity index (χ0n) is 13.4. The highest BCUT2D eigenvalue weighted by molar-refractivity contribution is 5.34. The highest BCUT2D eigenvalue weighted by Crippen LogP contribution is 2.14. The van der Waals surface area contributed by atoms with Gasteiger partial charge in [-0.25, -0.2) is 0 Å². The van der Waals surface area contributed by atoms with Crippen LogP contribution in [0.15, 0.2) is 12.4 Å². The third-order valence-electron chi connectivity index (χ3n) is 3.24. The fourth-order valence-electron chi connectivity index (χ4n) is 2.16. The van der Waals surface area contributed by atoms with E-state index in [-0.39, 0.29) is 6.04 Å². The van der Waals surface area contributed by atoms with Crippen molar-refractivity contribution in [2.24, 2.45) is 5.73 Å². The Morgan fingerprint density at radius 2 is 2.00 bits per heavy atom. The monoisotopic (exact) mass is 326 g/mol. The van der Waals surface area contributed by atoms with Crippen molar-refractivity contribution in [3.05, 3.63) is 12.4 Å². The van der Waals surface area contributed by atoms with Gasteiger partial charge in [-0.2, -0.15) is 4.98 Å². The van der Waals surface area contributed by atoms with E-state index in [4.69, 9.17) is 24.7 Å². The molecule has 3 N–H and O–H groups in total. The van der Waals surface area contributed by atoms with E-state index in [0.29, 0.717) is 57.9 Å². The summed E-state index contributed by atoms with van der Waals surface area (Å²) in [6.07, 6.45) is 5.42. The second kappa shape index (κ2) is 11.1. The molecule has 1 fully saturated rings. The van der Waals surface area contributed by atoms with Crippen LogP contribution < -0.4 is 15.8 Å². The normalized spacial score (nSPS) is 17.9. The average molecular weight is 326 g/mol. The number of aromatic nitrogens is 2. The largest absolute Gasteiger partial charge is 0.474 e. The number of hydrogen-bond acceptors (Lipinski definition) is 8. The van der Waals surface area contributed by atoms with E-state index in [1.54, 1.807) is 12.4 Å². The van der Waals surface area contributed by atoms with Crippen LogP contribution in [0.1, 0.15) is 12.8 Å². The Kier molecular flexibility index (Phi) is 8.64. The zero-order chi connectivity index (χ0) is 16.2. The molecule has 0 aromatic carbocycles. The Morgan fingerprint density at radius 1 is 1.17 bits per heavy atom. The van der Waals surface area contributed by atoms with Gasteiger partial charge in [-0.1, -0.05) is 0 Å². The van der Waals surface area contributed by atoms with Gasteiger partial charge in [0.25, 0.3) is 0 Å². The first kappa shape index (κ1) is 17.9. The van der Waals surface area contributed by atoms with Crippen LogP contribution in [0.25, 0.3) is 0 Å². The van der Waals surface area contributed by atoms with E-state index in [2.05, 4.69) is 15.3 Å². The van der Waals surface area contributed by atoms with Crippen LogP contribution in [0.5, 0.6) is 5.88 Å². The molecule has 1 aliphatic rings. The molecule has 1 saturated heterocycles. The number of nitrogens with two attached hydrogens (primary N) is 1. The van der Waals surface area contributed by atoms with Crippen molar-refractivity contribution >= 4 is 5.82 Å². The topological polar surface area (TPSA) is 101 Å². The lowest BCUT2D eigenvalue weighted by atomic mass is 10.1. The Morgan fingerprint density at radius 3 is 2.78 bits per heavy atom. The molecule has 0 spiro atoms. The Bertz CT molecular complexity index is 430. The number of ether oxygens (including phenoxy) is 4. The van der Waals surface area contributed by atoms with Gasteiger partial charge in [0.2, 0.25) is 5.88 Å². The summed E-state index contributed by atoms with van der Waals surface area (Å²) in [5.41, 5.74) is 5.32. The fourth-order valence-corrected chi connectivity index (χ4v) is 2.16. The van der Waals surface area contributed by atoms with Crippen LogP contribution >= 0.6 is 0 Å². The SMILES string of the molecule is NCCOCCOCCOc1cncc(NC2CCCOC2)n1. The maximum Gasteiger partial charge on any atom is 0.234 e. The van der Waals surface area contributed by atoms with Gasteiger partial charge in [-0.3, -0.25) is 4.98 Å². The summed E-state index contributed by atoms with van der Waals surface area (Å²) in [6, 6.07) is 0.283. The molecule has 0 bridgehead atoms. The minimum atomic E-state index is 0.283. The number of hydrogen-bond donors (Lipinski definition) is 2. The molecule has 0 amide bonds. The smallest absolute Gasteiger partial charge is 0.234 e. The molecular formula is C15H26N4O4. The lowest BCUT2D eigenvalue weighted by molar-refractivity contribution is 0.0382. The van der Waals surface area contributed by atoms with Crippen molar-refractivity contribution in [3.8, 4) is 5.88 Å². The van der Waals surface area contributed by atoms with Crippen molar-refractivity contribution < 1.29 is 18.9 Å². The average Bonchev–Trinajstić information content (AvgIpc) is 2.58. The Labute approximate surface area is 136 Å². The second-order valence-electron chi connectivity index (χ2n) is 5.16. The molecule has 0 saturated carbocycles. The van der Waals surface area contributed by atoms with Crippen molar-refractivity contribution in [2.45, 2.75) is 18.9 Å². The molecule has 130 valence electrons. The van der Waals surface area contributed by atoms with Crippen molar-refractivity contribution in [2.75, 3.05) is 58.1 Å².